The molecular weight excluding hydrogens is 403 g/mol. The van der Waals surface area contributed by atoms with Crippen molar-refractivity contribution in [2.75, 3.05) is 23.3 Å². The summed E-state index contributed by atoms with van der Waals surface area (Å²) in [6.07, 6.45) is -2.20. The van der Waals surface area contributed by atoms with E-state index in [1.165, 1.54) is 0 Å². The fourth-order valence-corrected chi connectivity index (χ4v) is 3.55. The molecule has 8 nitrogen and oxygen atoms in total. The molecule has 3 rings (SSSR count). The second-order valence-electron chi connectivity index (χ2n) is 7.46. The van der Waals surface area contributed by atoms with Gasteiger partial charge >= 0.3 is 6.18 Å². The summed E-state index contributed by atoms with van der Waals surface area (Å²) in [6.45, 7) is 4.54. The summed E-state index contributed by atoms with van der Waals surface area (Å²) in [5.74, 6) is 0.125. The van der Waals surface area contributed by atoms with Crippen LogP contribution in [-0.4, -0.2) is 33.7 Å². The zero-order valence-corrected chi connectivity index (χ0v) is 16.5. The van der Waals surface area contributed by atoms with Crippen molar-refractivity contribution in [3.05, 3.63) is 46.1 Å². The monoisotopic (exact) mass is 425 g/mol. The van der Waals surface area contributed by atoms with Crippen LogP contribution in [0.4, 0.5) is 30.4 Å². The van der Waals surface area contributed by atoms with E-state index >= 15 is 0 Å². The molecule has 1 aromatic carbocycles. The standard InChI is InChI=1S/C19H22F3N5O3/c1-12(2)26-17(5-8-23-26)24-18(28)13-6-9-25(10-7-13)15-4-3-14(19(20,21)22)11-16(15)27(29)30/h3-5,8,11-13H,6-7,9-10H2,1-2H3,(H,24,28). The number of nitro benzene ring substituents is 1. The van der Waals surface area contributed by atoms with E-state index in [9.17, 15) is 28.1 Å². The fraction of sp³-hybridized carbons (Fsp3) is 0.474. The minimum Gasteiger partial charge on any atom is -0.366 e. The van der Waals surface area contributed by atoms with E-state index in [4.69, 9.17) is 0 Å². The number of aromatic nitrogens is 2. The average molecular weight is 425 g/mol. The molecule has 0 aliphatic carbocycles. The Balaban J connectivity index is 1.69. The van der Waals surface area contributed by atoms with Gasteiger partial charge in [0.25, 0.3) is 5.69 Å². The zero-order valence-electron chi connectivity index (χ0n) is 16.5. The summed E-state index contributed by atoms with van der Waals surface area (Å²) in [4.78, 5) is 24.8. The van der Waals surface area contributed by atoms with E-state index in [2.05, 4.69) is 10.4 Å². The first-order valence-corrected chi connectivity index (χ1v) is 9.53. The number of hydrogen-bond acceptors (Lipinski definition) is 5. The molecular formula is C19H22F3N5O3. The van der Waals surface area contributed by atoms with Gasteiger partial charge in [-0.2, -0.15) is 18.3 Å². The van der Waals surface area contributed by atoms with E-state index in [0.717, 1.165) is 12.1 Å². The van der Waals surface area contributed by atoms with Gasteiger partial charge in [0.05, 0.1) is 16.7 Å². The van der Waals surface area contributed by atoms with Crippen molar-refractivity contribution in [3.63, 3.8) is 0 Å². The van der Waals surface area contributed by atoms with Crippen LogP contribution in [-0.2, 0) is 11.0 Å². The predicted octanol–water partition coefficient (Wildman–Crippen LogP) is 4.25. The molecule has 162 valence electrons. The highest BCUT2D eigenvalue weighted by molar-refractivity contribution is 5.92. The molecule has 1 aliphatic rings. The summed E-state index contributed by atoms with van der Waals surface area (Å²) in [7, 11) is 0. The Labute approximate surface area is 170 Å². The maximum absolute atomic E-state index is 12.9. The van der Waals surface area contributed by atoms with Crippen molar-refractivity contribution in [2.24, 2.45) is 5.92 Å². The summed E-state index contributed by atoms with van der Waals surface area (Å²) in [6, 6.07) is 4.31. The van der Waals surface area contributed by atoms with Gasteiger partial charge in [0.15, 0.2) is 0 Å². The summed E-state index contributed by atoms with van der Waals surface area (Å²) >= 11 is 0. The quantitative estimate of drug-likeness (QED) is 0.571. The molecule has 1 amide bonds. The maximum Gasteiger partial charge on any atom is 0.416 e. The highest BCUT2D eigenvalue weighted by Crippen LogP contribution is 2.37. The Bertz CT molecular complexity index is 934. The lowest BCUT2D eigenvalue weighted by Gasteiger charge is -2.32. The molecule has 2 aromatic rings. The number of hydrogen-bond donors (Lipinski definition) is 1. The number of carbonyl (C=O) groups excluding carboxylic acids is 1. The summed E-state index contributed by atoms with van der Waals surface area (Å²) in [5.41, 5.74) is -1.52. The third-order valence-electron chi connectivity index (χ3n) is 5.12. The van der Waals surface area contributed by atoms with Gasteiger partial charge in [0, 0.05) is 37.2 Å². The maximum atomic E-state index is 12.9. The summed E-state index contributed by atoms with van der Waals surface area (Å²) < 4.78 is 40.4. The van der Waals surface area contributed by atoms with Crippen molar-refractivity contribution in [1.29, 1.82) is 0 Å². The zero-order chi connectivity index (χ0) is 22.1. The number of nitrogens with one attached hydrogen (secondary N) is 1. The number of carbonyl (C=O) groups is 1. The molecule has 1 fully saturated rings. The van der Waals surface area contributed by atoms with Crippen LogP contribution >= 0.6 is 0 Å². The minimum atomic E-state index is -4.66. The Kier molecular flexibility index (Phi) is 5.99. The van der Waals surface area contributed by atoms with E-state index < -0.39 is 22.4 Å². The second kappa shape index (κ2) is 8.33. The van der Waals surface area contributed by atoms with Crippen molar-refractivity contribution >= 4 is 23.1 Å². The molecule has 1 aliphatic heterocycles. The van der Waals surface area contributed by atoms with Crippen LogP contribution in [0.3, 0.4) is 0 Å². The van der Waals surface area contributed by atoms with Crippen molar-refractivity contribution in [1.82, 2.24) is 9.78 Å². The van der Waals surface area contributed by atoms with Gasteiger partial charge in [-0.25, -0.2) is 4.68 Å². The first kappa shape index (κ1) is 21.6. The number of rotatable bonds is 5. The Hall–Kier alpha value is -3.11. The Morgan fingerprint density at radius 3 is 2.50 bits per heavy atom. The topological polar surface area (TPSA) is 93.3 Å². The third kappa shape index (κ3) is 4.55. The van der Waals surface area contributed by atoms with E-state index in [1.54, 1.807) is 21.8 Å². The number of anilines is 2. The average Bonchev–Trinajstić information content (AvgIpc) is 3.15. The molecule has 2 heterocycles. The molecule has 30 heavy (non-hydrogen) atoms. The number of nitrogens with zero attached hydrogens (tertiary/aromatic N) is 4. The van der Waals surface area contributed by atoms with Crippen LogP contribution < -0.4 is 10.2 Å². The van der Waals surface area contributed by atoms with Gasteiger partial charge < -0.3 is 10.2 Å². The normalized spacial score (nSPS) is 15.5. The lowest BCUT2D eigenvalue weighted by Crippen LogP contribution is -2.38. The fourth-order valence-electron chi connectivity index (χ4n) is 3.55. The van der Waals surface area contributed by atoms with E-state index in [1.807, 2.05) is 13.8 Å². The van der Waals surface area contributed by atoms with Gasteiger partial charge in [-0.15, -0.1) is 0 Å². The molecule has 11 heteroatoms. The van der Waals surface area contributed by atoms with Crippen LogP contribution in [0.2, 0.25) is 0 Å². The summed E-state index contributed by atoms with van der Waals surface area (Å²) in [5, 5.41) is 18.3. The van der Waals surface area contributed by atoms with Crippen molar-refractivity contribution in [2.45, 2.75) is 38.9 Å². The molecule has 0 radical (unpaired) electrons. The molecule has 1 saturated heterocycles. The first-order chi connectivity index (χ1) is 14.1. The van der Waals surface area contributed by atoms with E-state index in [0.29, 0.717) is 37.8 Å². The van der Waals surface area contributed by atoms with Gasteiger partial charge in [-0.1, -0.05) is 0 Å². The largest absolute Gasteiger partial charge is 0.416 e. The number of amides is 1. The van der Waals surface area contributed by atoms with Crippen LogP contribution in [0, 0.1) is 16.0 Å². The molecule has 0 bridgehead atoms. The lowest BCUT2D eigenvalue weighted by atomic mass is 9.95. The number of piperidine rings is 1. The number of halogens is 3. The molecule has 0 unspecified atom stereocenters. The van der Waals surface area contributed by atoms with Crippen LogP contribution in [0.5, 0.6) is 0 Å². The SMILES string of the molecule is CC(C)n1nccc1NC(=O)C1CCN(c2ccc(C(F)(F)F)cc2[N+](=O)[O-])CC1. The van der Waals surface area contributed by atoms with Crippen LogP contribution in [0.1, 0.15) is 38.3 Å². The third-order valence-corrected chi connectivity index (χ3v) is 5.12. The molecule has 0 saturated carbocycles. The Morgan fingerprint density at radius 1 is 1.27 bits per heavy atom. The smallest absolute Gasteiger partial charge is 0.366 e. The van der Waals surface area contributed by atoms with Gasteiger partial charge in [0.1, 0.15) is 11.5 Å². The van der Waals surface area contributed by atoms with Crippen molar-refractivity contribution in [3.8, 4) is 0 Å². The highest BCUT2D eigenvalue weighted by atomic mass is 19.4. The number of alkyl halides is 3. The number of nitro groups is 1. The van der Waals surface area contributed by atoms with E-state index in [-0.39, 0.29) is 23.6 Å². The van der Waals surface area contributed by atoms with Crippen molar-refractivity contribution < 1.29 is 22.9 Å². The molecule has 1 aromatic heterocycles. The van der Waals surface area contributed by atoms with Crippen LogP contribution in [0.15, 0.2) is 30.5 Å². The predicted molar refractivity (Wildman–Crippen MR) is 104 cm³/mol. The molecule has 1 N–H and O–H groups in total. The molecule has 0 spiro atoms. The second-order valence-corrected chi connectivity index (χ2v) is 7.46. The number of benzene rings is 1. The Morgan fingerprint density at radius 2 is 1.93 bits per heavy atom. The van der Waals surface area contributed by atoms with Crippen LogP contribution in [0.25, 0.3) is 0 Å². The van der Waals surface area contributed by atoms with Gasteiger partial charge in [-0.05, 0) is 38.8 Å². The molecule has 0 atom stereocenters. The van der Waals surface area contributed by atoms with Gasteiger partial charge in [-0.3, -0.25) is 14.9 Å². The first-order valence-electron chi connectivity index (χ1n) is 9.53. The van der Waals surface area contributed by atoms with Gasteiger partial charge in [0.2, 0.25) is 5.91 Å². The lowest BCUT2D eigenvalue weighted by molar-refractivity contribution is -0.384. The highest BCUT2D eigenvalue weighted by Gasteiger charge is 2.35. The minimum absolute atomic E-state index is 0.0809.